The fourth-order valence-corrected chi connectivity index (χ4v) is 5.29. The summed E-state index contributed by atoms with van der Waals surface area (Å²) in [4.78, 5) is 15.5. The Balaban J connectivity index is 2.11. The van der Waals surface area contributed by atoms with Crippen LogP contribution in [0.25, 0.3) is 0 Å². The topological polar surface area (TPSA) is 118 Å². The summed E-state index contributed by atoms with van der Waals surface area (Å²) in [5.41, 5.74) is 1.92. The van der Waals surface area contributed by atoms with Crippen LogP contribution < -0.4 is 10.5 Å². The Morgan fingerprint density at radius 1 is 1.25 bits per heavy atom. The van der Waals surface area contributed by atoms with E-state index in [1.807, 2.05) is 6.92 Å². The summed E-state index contributed by atoms with van der Waals surface area (Å²) in [5, 5.41) is 6.01. The Morgan fingerprint density at radius 3 is 2.59 bits per heavy atom. The summed E-state index contributed by atoms with van der Waals surface area (Å²) >= 11 is 11.7. The van der Waals surface area contributed by atoms with Gasteiger partial charge in [-0.1, -0.05) is 24.6 Å². The zero-order valence-electron chi connectivity index (χ0n) is 17.4. The number of nitrogens with one attached hydrogen (secondary N) is 2. The normalized spacial score (nSPS) is 13.8. The van der Waals surface area contributed by atoms with Crippen LogP contribution in [-0.2, 0) is 16.4 Å². The van der Waals surface area contributed by atoms with Crippen LogP contribution in [0.15, 0.2) is 38.4 Å². The molecule has 0 bridgehead atoms. The van der Waals surface area contributed by atoms with E-state index in [2.05, 4.69) is 19.9 Å². The van der Waals surface area contributed by atoms with Crippen molar-refractivity contribution in [2.45, 2.75) is 44.0 Å². The standard InChI is InChI=1S/C20H21Cl2FN4O4S/c1-10-4-5-13(23)17(11(10)2)12(3)18(19-25-26-20(28)31-19)27-32(29,30)15-6-7-16(22)24-14(15)8-9-21/h4-7,12,18,27H,8-9H2,1-3H3,(H,26,28)/t12?,18-/m0/s1. The van der Waals surface area contributed by atoms with Gasteiger partial charge in [-0.15, -0.1) is 16.7 Å². The molecule has 3 aromatic rings. The smallest absolute Gasteiger partial charge is 0.391 e. The molecule has 0 spiro atoms. The van der Waals surface area contributed by atoms with Crippen molar-refractivity contribution in [3.8, 4) is 0 Å². The summed E-state index contributed by atoms with van der Waals surface area (Å²) in [6, 6.07) is 4.38. The number of hydrogen-bond acceptors (Lipinski definition) is 6. The first kappa shape index (κ1) is 24.4. The fraction of sp³-hybridized carbons (Fsp3) is 0.350. The van der Waals surface area contributed by atoms with Crippen molar-refractivity contribution in [1.29, 1.82) is 0 Å². The lowest BCUT2D eigenvalue weighted by Crippen LogP contribution is -2.33. The molecule has 2 aromatic heterocycles. The quantitative estimate of drug-likeness (QED) is 0.357. The Kier molecular flexibility index (Phi) is 7.39. The molecule has 12 heteroatoms. The molecule has 32 heavy (non-hydrogen) atoms. The van der Waals surface area contributed by atoms with Gasteiger partial charge in [0.05, 0.1) is 5.69 Å². The van der Waals surface area contributed by atoms with E-state index in [4.69, 9.17) is 27.6 Å². The lowest BCUT2D eigenvalue weighted by molar-refractivity contribution is 0.376. The maximum Gasteiger partial charge on any atom is 0.434 e. The zero-order chi connectivity index (χ0) is 23.6. The van der Waals surface area contributed by atoms with Crippen molar-refractivity contribution in [2.24, 2.45) is 0 Å². The minimum Gasteiger partial charge on any atom is -0.391 e. The van der Waals surface area contributed by atoms with E-state index in [0.29, 0.717) is 5.56 Å². The van der Waals surface area contributed by atoms with Crippen LogP contribution in [0.3, 0.4) is 0 Å². The van der Waals surface area contributed by atoms with E-state index in [1.54, 1.807) is 19.9 Å². The molecular formula is C20H21Cl2FN4O4S. The molecule has 1 aromatic carbocycles. The van der Waals surface area contributed by atoms with Crippen LogP contribution in [0.1, 0.15) is 47.2 Å². The van der Waals surface area contributed by atoms with Crippen LogP contribution in [0.2, 0.25) is 5.15 Å². The Labute approximate surface area is 194 Å². The maximum absolute atomic E-state index is 14.8. The first-order chi connectivity index (χ1) is 15.0. The highest BCUT2D eigenvalue weighted by molar-refractivity contribution is 7.89. The summed E-state index contributed by atoms with van der Waals surface area (Å²) in [5.74, 6) is -2.27. The van der Waals surface area contributed by atoms with E-state index < -0.39 is 33.6 Å². The monoisotopic (exact) mass is 502 g/mol. The molecule has 0 aliphatic heterocycles. The van der Waals surface area contributed by atoms with E-state index in [9.17, 15) is 17.6 Å². The number of halogens is 3. The van der Waals surface area contributed by atoms with Gasteiger partial charge in [-0.2, -0.15) is 4.72 Å². The molecule has 1 unspecified atom stereocenters. The number of benzene rings is 1. The number of sulfonamides is 1. The van der Waals surface area contributed by atoms with E-state index >= 15 is 0 Å². The summed E-state index contributed by atoms with van der Waals surface area (Å²) in [6.45, 7) is 5.17. The Bertz CT molecular complexity index is 1290. The highest BCUT2D eigenvalue weighted by Gasteiger charge is 2.34. The van der Waals surface area contributed by atoms with Crippen LogP contribution in [0.4, 0.5) is 4.39 Å². The number of pyridine rings is 1. The van der Waals surface area contributed by atoms with Gasteiger partial charge in [0.25, 0.3) is 0 Å². The van der Waals surface area contributed by atoms with E-state index in [-0.39, 0.29) is 39.5 Å². The molecule has 0 aliphatic rings. The Morgan fingerprint density at radius 2 is 1.97 bits per heavy atom. The average Bonchev–Trinajstić information content (AvgIpc) is 3.15. The molecule has 0 saturated heterocycles. The summed E-state index contributed by atoms with van der Waals surface area (Å²) in [7, 11) is -4.22. The number of nitrogens with zero attached hydrogens (tertiary/aromatic N) is 2. The van der Waals surface area contributed by atoms with E-state index in [0.717, 1.165) is 5.56 Å². The number of rotatable bonds is 8. The van der Waals surface area contributed by atoms with Gasteiger partial charge in [0.15, 0.2) is 0 Å². The molecule has 0 fully saturated rings. The van der Waals surface area contributed by atoms with Crippen molar-refractivity contribution in [1.82, 2.24) is 19.9 Å². The van der Waals surface area contributed by atoms with Gasteiger partial charge in [0.1, 0.15) is 21.9 Å². The van der Waals surface area contributed by atoms with Gasteiger partial charge in [-0.3, -0.25) is 0 Å². The molecule has 2 atom stereocenters. The van der Waals surface area contributed by atoms with Gasteiger partial charge in [0.2, 0.25) is 15.9 Å². The predicted octanol–water partition coefficient (Wildman–Crippen LogP) is 3.77. The number of hydrogen-bond donors (Lipinski definition) is 2. The first-order valence-electron chi connectivity index (χ1n) is 9.60. The maximum atomic E-state index is 14.8. The second-order valence-electron chi connectivity index (χ2n) is 7.26. The van der Waals surface area contributed by atoms with Crippen LogP contribution >= 0.6 is 23.2 Å². The van der Waals surface area contributed by atoms with Crippen molar-refractivity contribution in [3.63, 3.8) is 0 Å². The third-order valence-electron chi connectivity index (χ3n) is 5.21. The van der Waals surface area contributed by atoms with Crippen molar-refractivity contribution >= 4 is 33.2 Å². The molecule has 0 amide bonds. The van der Waals surface area contributed by atoms with Crippen molar-refractivity contribution < 1.29 is 17.2 Å². The second kappa shape index (κ2) is 9.70. The third-order valence-corrected chi connectivity index (χ3v) is 7.12. The lowest BCUT2D eigenvalue weighted by atomic mass is 9.88. The SMILES string of the molecule is Cc1ccc(F)c(C(C)[C@H](NS(=O)(=O)c2ccc(Cl)nc2CCCl)c2n[nH]c(=O)o2)c1C. The average molecular weight is 503 g/mol. The van der Waals surface area contributed by atoms with Crippen LogP contribution in [-0.4, -0.2) is 29.5 Å². The molecule has 3 rings (SSSR count). The van der Waals surface area contributed by atoms with Gasteiger partial charge in [0, 0.05) is 18.2 Å². The molecule has 8 nitrogen and oxygen atoms in total. The fourth-order valence-electron chi connectivity index (χ4n) is 3.48. The number of aromatic nitrogens is 3. The minimum atomic E-state index is -4.22. The van der Waals surface area contributed by atoms with Gasteiger partial charge < -0.3 is 4.42 Å². The summed E-state index contributed by atoms with van der Waals surface area (Å²) < 4.78 is 49.0. The van der Waals surface area contributed by atoms with Crippen molar-refractivity contribution in [2.75, 3.05) is 5.88 Å². The molecule has 0 radical (unpaired) electrons. The molecule has 2 N–H and O–H groups in total. The van der Waals surface area contributed by atoms with Crippen LogP contribution in [0, 0.1) is 19.7 Å². The second-order valence-corrected chi connectivity index (χ2v) is 9.71. The highest BCUT2D eigenvalue weighted by Crippen LogP contribution is 2.35. The molecule has 172 valence electrons. The molecular weight excluding hydrogens is 482 g/mol. The van der Waals surface area contributed by atoms with Gasteiger partial charge in [-0.25, -0.2) is 27.7 Å². The van der Waals surface area contributed by atoms with Crippen molar-refractivity contribution in [3.05, 3.63) is 74.1 Å². The molecule has 2 heterocycles. The number of aryl methyl sites for hydroxylation is 2. The number of aromatic amines is 1. The predicted molar refractivity (Wildman–Crippen MR) is 118 cm³/mol. The minimum absolute atomic E-state index is 0.115. The lowest BCUT2D eigenvalue weighted by Gasteiger charge is -2.25. The Hall–Kier alpha value is -2.27. The van der Waals surface area contributed by atoms with Crippen LogP contribution in [0.5, 0.6) is 0 Å². The molecule has 0 aliphatic carbocycles. The third kappa shape index (κ3) is 5.03. The largest absolute Gasteiger partial charge is 0.434 e. The zero-order valence-corrected chi connectivity index (χ0v) is 19.8. The van der Waals surface area contributed by atoms with Gasteiger partial charge >= 0.3 is 5.76 Å². The molecule has 0 saturated carbocycles. The number of H-pyrrole nitrogens is 1. The van der Waals surface area contributed by atoms with Gasteiger partial charge in [-0.05, 0) is 48.7 Å². The number of alkyl halides is 1. The highest BCUT2D eigenvalue weighted by atomic mass is 35.5. The van der Waals surface area contributed by atoms with E-state index in [1.165, 1.54) is 18.2 Å². The first-order valence-corrected chi connectivity index (χ1v) is 12.0. The summed E-state index contributed by atoms with van der Waals surface area (Å²) in [6.07, 6.45) is 0.154.